The number of carbonyl (C=O) groups is 1. The van der Waals surface area contributed by atoms with Gasteiger partial charge in [-0.1, -0.05) is 30.3 Å². The number of para-hydroxylation sites is 1. The monoisotopic (exact) mass is 362 g/mol. The molecule has 1 N–H and O–H groups in total. The highest BCUT2D eigenvalue weighted by Crippen LogP contribution is 2.32. The Morgan fingerprint density at radius 1 is 1.04 bits per heavy atom. The van der Waals surface area contributed by atoms with Crippen LogP contribution in [0.5, 0.6) is 11.5 Å². The number of aromatic amines is 1. The topological polar surface area (TPSA) is 54.6 Å². The highest BCUT2D eigenvalue weighted by molar-refractivity contribution is 6.00. The van der Waals surface area contributed by atoms with Gasteiger partial charge in [-0.15, -0.1) is 0 Å². The zero-order chi connectivity index (χ0) is 18.8. The van der Waals surface area contributed by atoms with E-state index in [-0.39, 0.29) is 5.91 Å². The molecule has 0 radical (unpaired) electrons. The number of nitrogens with one attached hydrogen (secondary N) is 1. The van der Waals surface area contributed by atoms with Crippen molar-refractivity contribution in [1.29, 1.82) is 0 Å². The third-order valence-electron chi connectivity index (χ3n) is 5.07. The zero-order valence-electron chi connectivity index (χ0n) is 15.5. The minimum Gasteiger partial charge on any atom is -0.496 e. The molecule has 0 spiro atoms. The van der Waals surface area contributed by atoms with E-state index in [1.165, 1.54) is 16.5 Å². The molecule has 0 unspecified atom stereocenters. The standard InChI is InChI=1S/C22H22N2O3/c1-26-19-8-5-9-20(27-2)21(19)22(25)24-12-10-15(11-13-24)17-14-23-18-7-4-3-6-16(17)18/h3-10,14,23H,11-13H2,1-2H3. The second-order valence-corrected chi connectivity index (χ2v) is 6.52. The number of ether oxygens (including phenoxy) is 2. The summed E-state index contributed by atoms with van der Waals surface area (Å²) in [5.41, 5.74) is 4.09. The summed E-state index contributed by atoms with van der Waals surface area (Å²) in [4.78, 5) is 18.2. The van der Waals surface area contributed by atoms with Crippen LogP contribution >= 0.6 is 0 Å². The fourth-order valence-corrected chi connectivity index (χ4v) is 3.66. The van der Waals surface area contributed by atoms with Crippen LogP contribution in [0.4, 0.5) is 0 Å². The summed E-state index contributed by atoms with van der Waals surface area (Å²) in [6.45, 7) is 1.22. The van der Waals surface area contributed by atoms with Crippen molar-refractivity contribution in [3.05, 3.63) is 65.9 Å². The first kappa shape index (κ1) is 17.2. The maximum Gasteiger partial charge on any atom is 0.261 e. The van der Waals surface area contributed by atoms with E-state index in [2.05, 4.69) is 29.4 Å². The molecular formula is C22H22N2O3. The smallest absolute Gasteiger partial charge is 0.261 e. The average Bonchev–Trinajstić information content (AvgIpc) is 3.17. The van der Waals surface area contributed by atoms with Crippen LogP contribution in [0.25, 0.3) is 16.5 Å². The molecule has 2 heterocycles. The van der Waals surface area contributed by atoms with E-state index in [1.54, 1.807) is 26.4 Å². The van der Waals surface area contributed by atoms with Gasteiger partial charge in [0, 0.05) is 35.8 Å². The molecule has 1 amide bonds. The number of methoxy groups -OCH3 is 2. The third kappa shape index (κ3) is 3.05. The summed E-state index contributed by atoms with van der Waals surface area (Å²) in [5.74, 6) is 0.995. The number of benzene rings is 2. The molecule has 0 saturated carbocycles. The molecule has 0 fully saturated rings. The van der Waals surface area contributed by atoms with Crippen molar-refractivity contribution in [3.63, 3.8) is 0 Å². The molecule has 5 nitrogen and oxygen atoms in total. The SMILES string of the molecule is COc1cccc(OC)c1C(=O)N1CC=C(c2c[nH]c3ccccc23)CC1. The van der Waals surface area contributed by atoms with Gasteiger partial charge < -0.3 is 19.4 Å². The maximum absolute atomic E-state index is 13.1. The Bertz CT molecular complexity index is 997. The fraction of sp³-hybridized carbons (Fsp3) is 0.227. The van der Waals surface area contributed by atoms with Gasteiger partial charge in [-0.2, -0.15) is 0 Å². The first-order chi connectivity index (χ1) is 13.2. The third-order valence-corrected chi connectivity index (χ3v) is 5.07. The number of amides is 1. The van der Waals surface area contributed by atoms with Crippen molar-refractivity contribution in [1.82, 2.24) is 9.88 Å². The highest BCUT2D eigenvalue weighted by Gasteiger charge is 2.25. The molecule has 5 heteroatoms. The van der Waals surface area contributed by atoms with Crippen LogP contribution < -0.4 is 9.47 Å². The van der Waals surface area contributed by atoms with Crippen LogP contribution in [0, 0.1) is 0 Å². The van der Waals surface area contributed by atoms with Crippen molar-refractivity contribution < 1.29 is 14.3 Å². The van der Waals surface area contributed by atoms with Crippen LogP contribution in [-0.4, -0.2) is 43.1 Å². The Kier molecular flexibility index (Phi) is 4.59. The second-order valence-electron chi connectivity index (χ2n) is 6.52. The van der Waals surface area contributed by atoms with E-state index in [9.17, 15) is 4.79 Å². The number of hydrogen-bond acceptors (Lipinski definition) is 3. The summed E-state index contributed by atoms with van der Waals surface area (Å²) in [5, 5.41) is 1.22. The Balaban J connectivity index is 1.60. The molecule has 138 valence electrons. The predicted molar refractivity (Wildman–Crippen MR) is 106 cm³/mol. The van der Waals surface area contributed by atoms with E-state index < -0.39 is 0 Å². The van der Waals surface area contributed by atoms with Gasteiger partial charge in [0.15, 0.2) is 0 Å². The number of aromatic nitrogens is 1. The Morgan fingerprint density at radius 3 is 2.44 bits per heavy atom. The summed E-state index contributed by atoms with van der Waals surface area (Å²) < 4.78 is 10.8. The summed E-state index contributed by atoms with van der Waals surface area (Å²) >= 11 is 0. The zero-order valence-corrected chi connectivity index (χ0v) is 15.5. The number of H-pyrrole nitrogens is 1. The Hall–Kier alpha value is -3.21. The van der Waals surface area contributed by atoms with E-state index in [4.69, 9.17) is 9.47 Å². The molecule has 2 aromatic carbocycles. The molecule has 27 heavy (non-hydrogen) atoms. The van der Waals surface area contributed by atoms with Crippen molar-refractivity contribution in [2.45, 2.75) is 6.42 Å². The lowest BCUT2D eigenvalue weighted by atomic mass is 9.98. The molecule has 1 aromatic heterocycles. The molecule has 4 rings (SSSR count). The number of hydrogen-bond donors (Lipinski definition) is 1. The van der Waals surface area contributed by atoms with E-state index in [1.807, 2.05) is 23.1 Å². The molecule has 0 bridgehead atoms. The summed E-state index contributed by atoms with van der Waals surface area (Å²) in [7, 11) is 3.13. The van der Waals surface area contributed by atoms with Crippen LogP contribution in [-0.2, 0) is 0 Å². The largest absolute Gasteiger partial charge is 0.496 e. The van der Waals surface area contributed by atoms with Gasteiger partial charge in [-0.25, -0.2) is 0 Å². The first-order valence-corrected chi connectivity index (χ1v) is 8.98. The van der Waals surface area contributed by atoms with Crippen LogP contribution in [0.2, 0.25) is 0 Å². The molecule has 0 atom stereocenters. The van der Waals surface area contributed by atoms with Crippen molar-refractivity contribution in [2.75, 3.05) is 27.3 Å². The minimum absolute atomic E-state index is 0.0708. The van der Waals surface area contributed by atoms with E-state index in [0.717, 1.165) is 11.9 Å². The number of rotatable bonds is 4. The lowest BCUT2D eigenvalue weighted by Crippen LogP contribution is -2.35. The number of nitrogens with zero attached hydrogens (tertiary/aromatic N) is 1. The molecule has 1 aliphatic heterocycles. The van der Waals surface area contributed by atoms with Gasteiger partial charge in [0.25, 0.3) is 5.91 Å². The fourth-order valence-electron chi connectivity index (χ4n) is 3.66. The van der Waals surface area contributed by atoms with Crippen LogP contribution in [0.1, 0.15) is 22.3 Å². The molecule has 0 saturated heterocycles. The van der Waals surface area contributed by atoms with Crippen molar-refractivity contribution in [2.24, 2.45) is 0 Å². The molecule has 3 aromatic rings. The Labute approximate surface area is 158 Å². The molecule has 0 aliphatic carbocycles. The lowest BCUT2D eigenvalue weighted by molar-refractivity contribution is 0.0766. The molecular weight excluding hydrogens is 340 g/mol. The first-order valence-electron chi connectivity index (χ1n) is 8.98. The van der Waals surface area contributed by atoms with Gasteiger partial charge in [0.2, 0.25) is 0 Å². The number of carbonyl (C=O) groups excluding carboxylic acids is 1. The lowest BCUT2D eigenvalue weighted by Gasteiger charge is -2.27. The molecule has 1 aliphatic rings. The van der Waals surface area contributed by atoms with Gasteiger partial charge in [-0.3, -0.25) is 4.79 Å². The normalized spacial score (nSPS) is 14.1. The highest BCUT2D eigenvalue weighted by atomic mass is 16.5. The summed E-state index contributed by atoms with van der Waals surface area (Å²) in [6.07, 6.45) is 5.00. The van der Waals surface area contributed by atoms with Gasteiger partial charge in [-0.05, 0) is 30.2 Å². The summed E-state index contributed by atoms with van der Waals surface area (Å²) in [6, 6.07) is 13.7. The van der Waals surface area contributed by atoms with E-state index >= 15 is 0 Å². The van der Waals surface area contributed by atoms with E-state index in [0.29, 0.717) is 30.2 Å². The van der Waals surface area contributed by atoms with Gasteiger partial charge in [0.05, 0.1) is 14.2 Å². The van der Waals surface area contributed by atoms with Crippen molar-refractivity contribution >= 4 is 22.4 Å². The quantitative estimate of drug-likeness (QED) is 0.760. The minimum atomic E-state index is -0.0708. The second kappa shape index (κ2) is 7.19. The van der Waals surface area contributed by atoms with Crippen LogP contribution in [0.3, 0.4) is 0 Å². The Morgan fingerprint density at radius 2 is 1.78 bits per heavy atom. The predicted octanol–water partition coefficient (Wildman–Crippen LogP) is 4.11. The van der Waals surface area contributed by atoms with Crippen LogP contribution in [0.15, 0.2) is 54.7 Å². The maximum atomic E-state index is 13.1. The van der Waals surface area contributed by atoms with Crippen molar-refractivity contribution in [3.8, 4) is 11.5 Å². The average molecular weight is 362 g/mol. The van der Waals surface area contributed by atoms with Gasteiger partial charge in [0.1, 0.15) is 17.1 Å². The number of fused-ring (bicyclic) bond motifs is 1. The van der Waals surface area contributed by atoms with Gasteiger partial charge >= 0.3 is 0 Å².